The van der Waals surface area contributed by atoms with Gasteiger partial charge < -0.3 is 20.1 Å². The molecule has 2 rings (SSSR count). The maximum Gasteiger partial charge on any atom is 0.491 e. The molecule has 1 heterocycles. The molecular weight excluding hydrogens is 300 g/mol. The summed E-state index contributed by atoms with van der Waals surface area (Å²) in [4.78, 5) is 0. The Morgan fingerprint density at radius 2 is 1.86 bits per heavy atom. The highest BCUT2D eigenvalue weighted by Gasteiger charge is 2.52. The number of aliphatic hydroxyl groups excluding tert-OH is 1. The minimum atomic E-state index is -0.489. The van der Waals surface area contributed by atoms with Gasteiger partial charge in [0.05, 0.1) is 17.8 Å². The molecule has 1 aromatic rings. The lowest BCUT2D eigenvalue weighted by molar-refractivity contribution is 0.00578. The van der Waals surface area contributed by atoms with Crippen LogP contribution in [-0.4, -0.2) is 30.0 Å². The predicted octanol–water partition coefficient (Wildman–Crippen LogP) is 2.81. The molecule has 0 aliphatic carbocycles. The van der Waals surface area contributed by atoms with Crippen LogP contribution in [-0.2, 0) is 15.9 Å². The lowest BCUT2D eigenvalue weighted by atomic mass is 9.77. The molecular formula is C16H23BClNO3. The Bertz CT molecular complexity index is 571. The average molecular weight is 324 g/mol. The fourth-order valence-electron chi connectivity index (χ4n) is 2.27. The van der Waals surface area contributed by atoms with E-state index >= 15 is 0 Å². The van der Waals surface area contributed by atoms with Crippen LogP contribution in [0.5, 0.6) is 0 Å². The van der Waals surface area contributed by atoms with Crippen molar-refractivity contribution in [1.29, 1.82) is 0 Å². The molecule has 0 atom stereocenters. The average Bonchev–Trinajstić information content (AvgIpc) is 2.65. The zero-order valence-electron chi connectivity index (χ0n) is 13.5. The number of benzene rings is 1. The van der Waals surface area contributed by atoms with Crippen molar-refractivity contribution >= 4 is 24.8 Å². The van der Waals surface area contributed by atoms with Crippen LogP contribution >= 0.6 is 11.6 Å². The summed E-state index contributed by atoms with van der Waals surface area (Å²) in [5, 5.41) is 10.1. The summed E-state index contributed by atoms with van der Waals surface area (Å²) in [6.07, 6.45) is 1.91. The third kappa shape index (κ3) is 3.39. The fraction of sp³-hybridized carbons (Fsp3) is 0.500. The van der Waals surface area contributed by atoms with Crippen molar-refractivity contribution in [3.8, 4) is 0 Å². The second kappa shape index (κ2) is 6.34. The summed E-state index contributed by atoms with van der Waals surface area (Å²) in [5.41, 5.74) is 7.50. The van der Waals surface area contributed by atoms with Crippen molar-refractivity contribution in [3.05, 3.63) is 39.8 Å². The largest absolute Gasteiger partial charge is 0.491 e. The topological polar surface area (TPSA) is 64.7 Å². The highest BCUT2D eigenvalue weighted by Crippen LogP contribution is 2.38. The van der Waals surface area contributed by atoms with Gasteiger partial charge in [0.15, 0.2) is 0 Å². The molecule has 0 saturated carbocycles. The molecule has 0 spiro atoms. The summed E-state index contributed by atoms with van der Waals surface area (Å²) in [6, 6.07) is 5.38. The van der Waals surface area contributed by atoms with E-state index in [-0.39, 0.29) is 6.61 Å². The molecule has 1 aliphatic heterocycles. The number of hydrogen-bond donors (Lipinski definition) is 2. The number of aliphatic hydroxyl groups is 1. The predicted molar refractivity (Wildman–Crippen MR) is 90.5 cm³/mol. The van der Waals surface area contributed by atoms with Gasteiger partial charge in [-0.15, -0.1) is 0 Å². The monoisotopic (exact) mass is 323 g/mol. The van der Waals surface area contributed by atoms with Gasteiger partial charge in [-0.2, -0.15) is 0 Å². The molecule has 1 fully saturated rings. The molecule has 1 saturated heterocycles. The molecule has 22 heavy (non-hydrogen) atoms. The molecule has 1 aliphatic rings. The van der Waals surface area contributed by atoms with Crippen molar-refractivity contribution in [2.75, 3.05) is 6.54 Å². The number of halogens is 1. The van der Waals surface area contributed by atoms with Gasteiger partial charge in [-0.25, -0.2) is 0 Å². The molecule has 120 valence electrons. The summed E-state index contributed by atoms with van der Waals surface area (Å²) in [7, 11) is -0.489. The van der Waals surface area contributed by atoms with E-state index in [1.165, 1.54) is 0 Å². The highest BCUT2D eigenvalue weighted by molar-refractivity contribution is 6.55. The first-order valence-electron chi connectivity index (χ1n) is 7.35. The first kappa shape index (κ1) is 17.5. The van der Waals surface area contributed by atoms with Crippen LogP contribution in [0.2, 0.25) is 5.02 Å². The smallest absolute Gasteiger partial charge is 0.400 e. The standard InChI is InChI=1S/C16H23BClNO3/c1-15(2)16(3,4)22-17(21-15)13(9-19)7-11-5-6-14(18)8-12(11)10-20/h5-8,20H,9-10,19H2,1-4H3. The fourth-order valence-corrected chi connectivity index (χ4v) is 2.46. The van der Waals surface area contributed by atoms with Crippen molar-refractivity contribution in [2.45, 2.75) is 45.5 Å². The maximum atomic E-state index is 9.48. The Labute approximate surface area is 137 Å². The Balaban J connectivity index is 2.34. The number of nitrogens with two attached hydrogens (primary N) is 1. The lowest BCUT2D eigenvalue weighted by Gasteiger charge is -2.32. The summed E-state index contributed by atoms with van der Waals surface area (Å²) < 4.78 is 12.1. The van der Waals surface area contributed by atoms with Crippen LogP contribution in [0.1, 0.15) is 38.8 Å². The lowest BCUT2D eigenvalue weighted by Crippen LogP contribution is -2.41. The van der Waals surface area contributed by atoms with Crippen molar-refractivity contribution in [1.82, 2.24) is 0 Å². The van der Waals surface area contributed by atoms with E-state index in [1.54, 1.807) is 12.1 Å². The first-order valence-corrected chi connectivity index (χ1v) is 7.73. The van der Waals surface area contributed by atoms with Gasteiger partial charge in [0.25, 0.3) is 0 Å². The molecule has 0 aromatic heterocycles. The molecule has 0 amide bonds. The Kier molecular flexibility index (Phi) is 5.04. The van der Waals surface area contributed by atoms with Crippen LogP contribution in [0.4, 0.5) is 0 Å². The summed E-state index contributed by atoms with van der Waals surface area (Å²) >= 11 is 5.96. The van der Waals surface area contributed by atoms with E-state index < -0.39 is 18.3 Å². The second-order valence-electron chi connectivity index (χ2n) is 6.51. The zero-order valence-corrected chi connectivity index (χ0v) is 14.3. The quantitative estimate of drug-likeness (QED) is 0.836. The van der Waals surface area contributed by atoms with Gasteiger partial charge in [0, 0.05) is 11.6 Å². The van der Waals surface area contributed by atoms with Gasteiger partial charge >= 0.3 is 7.12 Å². The van der Waals surface area contributed by atoms with Gasteiger partial charge in [0.1, 0.15) is 0 Å². The van der Waals surface area contributed by atoms with E-state index in [9.17, 15) is 5.11 Å². The van der Waals surface area contributed by atoms with E-state index in [1.807, 2.05) is 39.8 Å². The molecule has 4 nitrogen and oxygen atoms in total. The van der Waals surface area contributed by atoms with Crippen LogP contribution < -0.4 is 5.73 Å². The summed E-state index contributed by atoms with van der Waals surface area (Å²) in [5.74, 6) is 0. The van der Waals surface area contributed by atoms with E-state index in [0.717, 1.165) is 16.6 Å². The zero-order chi connectivity index (χ0) is 16.5. The van der Waals surface area contributed by atoms with Crippen LogP contribution in [0.25, 0.3) is 6.08 Å². The maximum absolute atomic E-state index is 9.48. The van der Waals surface area contributed by atoms with Gasteiger partial charge in [-0.3, -0.25) is 0 Å². The number of rotatable bonds is 4. The van der Waals surface area contributed by atoms with Gasteiger partial charge in [0.2, 0.25) is 0 Å². The van der Waals surface area contributed by atoms with Crippen LogP contribution in [0.15, 0.2) is 23.7 Å². The van der Waals surface area contributed by atoms with Gasteiger partial charge in [-0.1, -0.05) is 23.7 Å². The van der Waals surface area contributed by atoms with Crippen molar-refractivity contribution in [3.63, 3.8) is 0 Å². The van der Waals surface area contributed by atoms with E-state index in [0.29, 0.717) is 11.6 Å². The molecule has 0 unspecified atom stereocenters. The van der Waals surface area contributed by atoms with Crippen molar-refractivity contribution < 1.29 is 14.4 Å². The Morgan fingerprint density at radius 1 is 1.27 bits per heavy atom. The third-order valence-corrected chi connectivity index (χ3v) is 4.64. The minimum Gasteiger partial charge on any atom is -0.400 e. The van der Waals surface area contributed by atoms with E-state index in [2.05, 4.69) is 0 Å². The Morgan fingerprint density at radius 3 is 2.36 bits per heavy atom. The number of hydrogen-bond acceptors (Lipinski definition) is 4. The van der Waals surface area contributed by atoms with Crippen LogP contribution in [0, 0.1) is 0 Å². The first-order chi connectivity index (χ1) is 10.2. The minimum absolute atomic E-state index is 0.0897. The molecule has 1 aromatic carbocycles. The van der Waals surface area contributed by atoms with Crippen molar-refractivity contribution in [2.24, 2.45) is 5.73 Å². The van der Waals surface area contributed by atoms with Crippen LogP contribution in [0.3, 0.4) is 0 Å². The molecule has 0 radical (unpaired) electrons. The molecule has 3 N–H and O–H groups in total. The molecule has 0 bridgehead atoms. The normalized spacial score (nSPS) is 20.5. The highest BCUT2D eigenvalue weighted by atomic mass is 35.5. The second-order valence-corrected chi connectivity index (χ2v) is 6.95. The van der Waals surface area contributed by atoms with E-state index in [4.69, 9.17) is 26.6 Å². The van der Waals surface area contributed by atoms with Gasteiger partial charge in [-0.05, 0) is 56.4 Å². The summed E-state index contributed by atoms with van der Waals surface area (Å²) in [6.45, 7) is 8.23. The molecule has 6 heteroatoms. The third-order valence-electron chi connectivity index (χ3n) is 4.41. The SMILES string of the molecule is CC1(C)OB(C(=Cc2ccc(Cl)cc2CO)CN)OC1(C)C. The Hall–Kier alpha value is -0.845.